The second kappa shape index (κ2) is 7.42. The Morgan fingerprint density at radius 2 is 2.04 bits per heavy atom. The third kappa shape index (κ3) is 3.29. The Labute approximate surface area is 156 Å². The van der Waals surface area contributed by atoms with E-state index in [1.165, 1.54) is 17.0 Å². The van der Waals surface area contributed by atoms with E-state index >= 15 is 0 Å². The summed E-state index contributed by atoms with van der Waals surface area (Å²) in [5, 5.41) is 0. The molecule has 0 aliphatic carbocycles. The van der Waals surface area contributed by atoms with Gasteiger partial charge in [-0.05, 0) is 39.3 Å². The molecule has 0 radical (unpaired) electrons. The smallest absolute Gasteiger partial charge is 0.315 e. The number of hydrogen-bond donors (Lipinski definition) is 0. The number of aliphatic imine (C=N–C) groups is 1. The van der Waals surface area contributed by atoms with Gasteiger partial charge >= 0.3 is 5.97 Å². The normalized spacial score (nSPS) is 18.8. The summed E-state index contributed by atoms with van der Waals surface area (Å²) in [4.78, 5) is 34.5. The van der Waals surface area contributed by atoms with Gasteiger partial charge in [-0.2, -0.15) is 0 Å². The van der Waals surface area contributed by atoms with Crippen molar-refractivity contribution in [2.45, 2.75) is 39.7 Å². The van der Waals surface area contributed by atoms with E-state index in [1.807, 2.05) is 13.8 Å². The van der Waals surface area contributed by atoms with E-state index in [-0.39, 0.29) is 35.2 Å². The SMILES string of the molecule is CCOC(=O)C1C(C)=Nc2ncn(C(C)C)c(=O)c2C1c1ccccc1F. The van der Waals surface area contributed by atoms with E-state index in [2.05, 4.69) is 9.98 Å². The fourth-order valence-electron chi connectivity index (χ4n) is 3.45. The molecule has 1 aromatic heterocycles. The number of carbonyl (C=O) groups is 1. The molecule has 0 amide bonds. The number of nitrogens with zero attached hydrogens (tertiary/aromatic N) is 3. The summed E-state index contributed by atoms with van der Waals surface area (Å²) < 4.78 is 21.4. The van der Waals surface area contributed by atoms with Crippen LogP contribution in [0.4, 0.5) is 10.2 Å². The van der Waals surface area contributed by atoms with E-state index in [4.69, 9.17) is 4.74 Å². The molecule has 0 N–H and O–H groups in total. The lowest BCUT2D eigenvalue weighted by Gasteiger charge is -2.30. The number of benzene rings is 1. The van der Waals surface area contributed by atoms with Gasteiger partial charge in [0.15, 0.2) is 5.82 Å². The van der Waals surface area contributed by atoms with Gasteiger partial charge in [0.05, 0.1) is 12.2 Å². The molecule has 2 atom stereocenters. The lowest BCUT2D eigenvalue weighted by Crippen LogP contribution is -2.39. The molecule has 1 aromatic carbocycles. The Morgan fingerprint density at radius 3 is 2.67 bits per heavy atom. The molecular formula is C20H22FN3O3. The maximum atomic E-state index is 14.7. The van der Waals surface area contributed by atoms with Crippen LogP contribution in [0.2, 0.25) is 0 Å². The number of hydrogen-bond acceptors (Lipinski definition) is 5. The van der Waals surface area contributed by atoms with Gasteiger partial charge in [-0.1, -0.05) is 18.2 Å². The first kappa shape index (κ1) is 18.9. The first-order valence-electron chi connectivity index (χ1n) is 8.94. The summed E-state index contributed by atoms with van der Waals surface area (Å²) in [6.45, 7) is 7.27. The fourth-order valence-corrected chi connectivity index (χ4v) is 3.45. The van der Waals surface area contributed by atoms with E-state index in [1.54, 1.807) is 32.0 Å². The van der Waals surface area contributed by atoms with Gasteiger partial charge in [0, 0.05) is 17.7 Å². The number of halogens is 1. The van der Waals surface area contributed by atoms with Gasteiger partial charge in [-0.25, -0.2) is 14.4 Å². The van der Waals surface area contributed by atoms with Crippen LogP contribution in [0.3, 0.4) is 0 Å². The van der Waals surface area contributed by atoms with E-state index in [0.29, 0.717) is 5.71 Å². The van der Waals surface area contributed by atoms with Crippen molar-refractivity contribution in [3.05, 3.63) is 57.9 Å². The predicted octanol–water partition coefficient (Wildman–Crippen LogP) is 3.38. The number of esters is 1. The molecule has 142 valence electrons. The van der Waals surface area contributed by atoms with Gasteiger partial charge in [-0.3, -0.25) is 14.2 Å². The predicted molar refractivity (Wildman–Crippen MR) is 100 cm³/mol. The molecule has 0 fully saturated rings. The minimum atomic E-state index is -0.883. The average Bonchev–Trinajstić information content (AvgIpc) is 2.61. The van der Waals surface area contributed by atoms with Gasteiger partial charge in [0.1, 0.15) is 18.1 Å². The van der Waals surface area contributed by atoms with E-state index in [9.17, 15) is 14.0 Å². The molecular weight excluding hydrogens is 349 g/mol. The molecule has 1 aliphatic heterocycles. The van der Waals surface area contributed by atoms with E-state index < -0.39 is 23.6 Å². The van der Waals surface area contributed by atoms with Crippen LogP contribution in [0.25, 0.3) is 0 Å². The molecule has 0 spiro atoms. The van der Waals surface area contributed by atoms with Crippen molar-refractivity contribution >= 4 is 17.5 Å². The number of carbonyl (C=O) groups excluding carboxylic acids is 1. The van der Waals surface area contributed by atoms with Crippen molar-refractivity contribution in [3.8, 4) is 0 Å². The first-order valence-corrected chi connectivity index (χ1v) is 8.94. The minimum Gasteiger partial charge on any atom is -0.465 e. The standard InChI is InChI=1S/C20H22FN3O3/c1-5-27-20(26)15-12(4)23-18-17(19(25)24(10-22-18)11(2)3)16(15)13-8-6-7-9-14(13)21/h6-11,15-16H,5H2,1-4H3. The summed E-state index contributed by atoms with van der Waals surface area (Å²) in [5.74, 6) is -2.52. The van der Waals surface area contributed by atoms with Gasteiger partial charge in [-0.15, -0.1) is 0 Å². The van der Waals surface area contributed by atoms with Gasteiger partial charge in [0.2, 0.25) is 0 Å². The van der Waals surface area contributed by atoms with Crippen molar-refractivity contribution in [2.75, 3.05) is 6.61 Å². The lowest BCUT2D eigenvalue weighted by molar-refractivity contribution is -0.146. The average molecular weight is 371 g/mol. The molecule has 0 saturated carbocycles. The zero-order chi connectivity index (χ0) is 19.7. The number of fused-ring (bicyclic) bond motifs is 1. The Balaban J connectivity index is 2.32. The second-order valence-corrected chi connectivity index (χ2v) is 6.77. The molecule has 7 heteroatoms. The number of rotatable bonds is 4. The summed E-state index contributed by atoms with van der Waals surface area (Å²) in [6.07, 6.45) is 1.44. The topological polar surface area (TPSA) is 73.5 Å². The molecule has 27 heavy (non-hydrogen) atoms. The maximum absolute atomic E-state index is 14.7. The summed E-state index contributed by atoms with van der Waals surface area (Å²) in [5.41, 5.74) is 0.601. The Hall–Kier alpha value is -2.83. The molecule has 0 bridgehead atoms. The van der Waals surface area contributed by atoms with Crippen LogP contribution in [-0.2, 0) is 9.53 Å². The third-order valence-corrected chi connectivity index (χ3v) is 4.72. The monoisotopic (exact) mass is 371 g/mol. The van der Waals surface area contributed by atoms with Crippen LogP contribution < -0.4 is 5.56 Å². The van der Waals surface area contributed by atoms with Crippen molar-refractivity contribution < 1.29 is 13.9 Å². The second-order valence-electron chi connectivity index (χ2n) is 6.77. The molecule has 2 heterocycles. The van der Waals surface area contributed by atoms with Gasteiger partial charge < -0.3 is 4.74 Å². The zero-order valence-electron chi connectivity index (χ0n) is 15.8. The highest BCUT2D eigenvalue weighted by atomic mass is 19.1. The molecule has 0 saturated heterocycles. The third-order valence-electron chi connectivity index (χ3n) is 4.72. The molecule has 2 unspecified atom stereocenters. The van der Waals surface area contributed by atoms with Crippen molar-refractivity contribution in [1.82, 2.24) is 9.55 Å². The van der Waals surface area contributed by atoms with Crippen molar-refractivity contribution in [2.24, 2.45) is 10.9 Å². The lowest BCUT2D eigenvalue weighted by atomic mass is 9.77. The van der Waals surface area contributed by atoms with Crippen LogP contribution in [0, 0.1) is 11.7 Å². The van der Waals surface area contributed by atoms with Crippen LogP contribution in [0.15, 0.2) is 40.4 Å². The Kier molecular flexibility index (Phi) is 5.21. The largest absolute Gasteiger partial charge is 0.465 e. The summed E-state index contributed by atoms with van der Waals surface area (Å²) >= 11 is 0. The van der Waals surface area contributed by atoms with Crippen LogP contribution in [0.1, 0.15) is 50.8 Å². The molecule has 1 aliphatic rings. The molecule has 6 nitrogen and oxygen atoms in total. The Bertz CT molecular complexity index is 965. The highest BCUT2D eigenvalue weighted by Crippen LogP contribution is 2.41. The highest BCUT2D eigenvalue weighted by Gasteiger charge is 2.42. The van der Waals surface area contributed by atoms with Crippen LogP contribution >= 0.6 is 0 Å². The number of aromatic nitrogens is 2. The van der Waals surface area contributed by atoms with Crippen molar-refractivity contribution in [1.29, 1.82) is 0 Å². The maximum Gasteiger partial charge on any atom is 0.315 e. The zero-order valence-corrected chi connectivity index (χ0v) is 15.8. The number of ether oxygens (including phenoxy) is 1. The fraction of sp³-hybridized carbons (Fsp3) is 0.400. The Morgan fingerprint density at radius 1 is 1.33 bits per heavy atom. The van der Waals surface area contributed by atoms with Crippen LogP contribution in [-0.4, -0.2) is 27.8 Å². The highest BCUT2D eigenvalue weighted by molar-refractivity contribution is 6.04. The van der Waals surface area contributed by atoms with Crippen molar-refractivity contribution in [3.63, 3.8) is 0 Å². The quantitative estimate of drug-likeness (QED) is 0.773. The molecule has 3 rings (SSSR count). The summed E-state index contributed by atoms with van der Waals surface area (Å²) in [6, 6.07) is 6.01. The summed E-state index contributed by atoms with van der Waals surface area (Å²) in [7, 11) is 0. The minimum absolute atomic E-state index is 0.135. The van der Waals surface area contributed by atoms with Crippen LogP contribution in [0.5, 0.6) is 0 Å². The molecule has 2 aromatic rings. The van der Waals surface area contributed by atoms with E-state index in [0.717, 1.165) is 0 Å². The van der Waals surface area contributed by atoms with Gasteiger partial charge in [0.25, 0.3) is 5.56 Å². The first-order chi connectivity index (χ1) is 12.9.